The second-order valence-corrected chi connectivity index (χ2v) is 4.87. The maximum Gasteiger partial charge on any atom is 0.150 e. The molecule has 0 spiro atoms. The Morgan fingerprint density at radius 2 is 1.94 bits per heavy atom. The van der Waals surface area contributed by atoms with Gasteiger partial charge in [0.05, 0.1) is 6.04 Å². The van der Waals surface area contributed by atoms with Gasteiger partial charge in [0, 0.05) is 11.8 Å². The lowest BCUT2D eigenvalue weighted by Crippen LogP contribution is -2.33. The van der Waals surface area contributed by atoms with Crippen molar-refractivity contribution in [1.82, 2.24) is 0 Å². The summed E-state index contributed by atoms with van der Waals surface area (Å²) in [6.07, 6.45) is 4.51. The van der Waals surface area contributed by atoms with Crippen molar-refractivity contribution in [2.24, 2.45) is 16.9 Å². The summed E-state index contributed by atoms with van der Waals surface area (Å²) in [5, 5.41) is 0. The van der Waals surface area contributed by atoms with Gasteiger partial charge in [-0.25, -0.2) is 0 Å². The number of rotatable bonds is 8. The fourth-order valence-electron chi connectivity index (χ4n) is 1.94. The van der Waals surface area contributed by atoms with Crippen LogP contribution in [0.5, 0.6) is 0 Å². The van der Waals surface area contributed by atoms with Gasteiger partial charge in [0.15, 0.2) is 5.78 Å². The van der Waals surface area contributed by atoms with Crippen LogP contribution in [-0.4, -0.2) is 24.2 Å². The smallest absolute Gasteiger partial charge is 0.150 e. The number of hydrogen-bond acceptors (Lipinski definition) is 4. The first-order chi connectivity index (χ1) is 7.52. The molecule has 1 atom stereocenters. The Balaban J connectivity index is 2.32. The zero-order valence-electron chi connectivity index (χ0n) is 10.00. The van der Waals surface area contributed by atoms with E-state index in [0.717, 1.165) is 25.7 Å². The van der Waals surface area contributed by atoms with Gasteiger partial charge < -0.3 is 11.5 Å². The topological polar surface area (TPSA) is 86.2 Å². The van der Waals surface area contributed by atoms with Crippen LogP contribution in [0.15, 0.2) is 0 Å². The van der Waals surface area contributed by atoms with E-state index in [1.54, 1.807) is 6.92 Å². The third kappa shape index (κ3) is 3.39. The number of Topliss-reactive ketones (excluding diaryl/α,β-unsaturated/α-hetero) is 2. The molecule has 16 heavy (non-hydrogen) atoms. The minimum atomic E-state index is -0.414. The van der Waals surface area contributed by atoms with Crippen LogP contribution in [0.25, 0.3) is 0 Å². The Labute approximate surface area is 96.8 Å². The highest BCUT2D eigenvalue weighted by atomic mass is 16.1. The van der Waals surface area contributed by atoms with Crippen LogP contribution in [0.1, 0.15) is 45.4 Å². The Morgan fingerprint density at radius 3 is 2.38 bits per heavy atom. The highest BCUT2D eigenvalue weighted by molar-refractivity contribution is 5.93. The summed E-state index contributed by atoms with van der Waals surface area (Å²) in [7, 11) is 0. The number of unbranched alkanes of at least 4 members (excludes halogenated alkanes) is 1. The monoisotopic (exact) mass is 226 g/mol. The highest BCUT2D eigenvalue weighted by Crippen LogP contribution is 2.49. The first kappa shape index (κ1) is 13.3. The van der Waals surface area contributed by atoms with Gasteiger partial charge in [-0.3, -0.25) is 9.59 Å². The van der Waals surface area contributed by atoms with Crippen molar-refractivity contribution >= 4 is 11.6 Å². The van der Waals surface area contributed by atoms with Gasteiger partial charge >= 0.3 is 0 Å². The molecule has 0 aromatic carbocycles. The number of ketones is 2. The van der Waals surface area contributed by atoms with Crippen LogP contribution in [0.4, 0.5) is 0 Å². The Bertz CT molecular complexity index is 272. The molecule has 4 nitrogen and oxygen atoms in total. The number of carbonyl (C=O) groups excluding carboxylic acids is 2. The van der Waals surface area contributed by atoms with Crippen LogP contribution < -0.4 is 11.5 Å². The second-order valence-electron chi connectivity index (χ2n) is 4.87. The Kier molecular flexibility index (Phi) is 4.62. The van der Waals surface area contributed by atoms with E-state index in [1.807, 2.05) is 0 Å². The van der Waals surface area contributed by atoms with Gasteiger partial charge in [0.2, 0.25) is 0 Å². The molecule has 1 saturated carbocycles. The normalized spacial score (nSPS) is 19.2. The van der Waals surface area contributed by atoms with Gasteiger partial charge in [-0.1, -0.05) is 6.42 Å². The van der Waals surface area contributed by atoms with E-state index in [4.69, 9.17) is 11.5 Å². The van der Waals surface area contributed by atoms with Crippen LogP contribution >= 0.6 is 0 Å². The fourth-order valence-corrected chi connectivity index (χ4v) is 1.94. The van der Waals surface area contributed by atoms with Gasteiger partial charge in [0.1, 0.15) is 5.78 Å². The molecule has 0 aliphatic heterocycles. The molecule has 92 valence electrons. The molecule has 0 bridgehead atoms. The molecular weight excluding hydrogens is 204 g/mol. The first-order valence-electron chi connectivity index (χ1n) is 6.01. The third-order valence-electron chi connectivity index (χ3n) is 3.50. The minimum absolute atomic E-state index is 0.0321. The lowest BCUT2D eigenvalue weighted by molar-refractivity contribution is -0.128. The summed E-state index contributed by atoms with van der Waals surface area (Å²) in [5.74, 6) is 0.166. The van der Waals surface area contributed by atoms with E-state index in [0.29, 0.717) is 19.4 Å². The molecule has 1 aliphatic carbocycles. The molecule has 0 unspecified atom stereocenters. The number of hydrogen-bond donors (Lipinski definition) is 2. The molecule has 4 heteroatoms. The highest BCUT2D eigenvalue weighted by Gasteiger charge is 2.48. The van der Waals surface area contributed by atoms with E-state index < -0.39 is 6.04 Å². The molecule has 0 radical (unpaired) electrons. The van der Waals surface area contributed by atoms with E-state index in [2.05, 4.69) is 0 Å². The van der Waals surface area contributed by atoms with Crippen molar-refractivity contribution in [2.75, 3.05) is 6.54 Å². The summed E-state index contributed by atoms with van der Waals surface area (Å²) >= 11 is 0. The van der Waals surface area contributed by atoms with Gasteiger partial charge in [-0.2, -0.15) is 0 Å². The summed E-state index contributed by atoms with van der Waals surface area (Å²) in [6, 6.07) is -0.414. The maximum atomic E-state index is 11.8. The van der Waals surface area contributed by atoms with Crippen LogP contribution in [0, 0.1) is 5.41 Å². The van der Waals surface area contributed by atoms with Gasteiger partial charge in [0.25, 0.3) is 0 Å². The van der Waals surface area contributed by atoms with Crippen molar-refractivity contribution in [2.45, 2.75) is 51.5 Å². The zero-order valence-corrected chi connectivity index (χ0v) is 10.00. The van der Waals surface area contributed by atoms with Crippen LogP contribution in [0.3, 0.4) is 0 Å². The van der Waals surface area contributed by atoms with Crippen molar-refractivity contribution in [3.8, 4) is 0 Å². The lowest BCUT2D eigenvalue weighted by Gasteiger charge is -2.14. The quantitative estimate of drug-likeness (QED) is 0.599. The minimum Gasteiger partial charge on any atom is -0.330 e. The second kappa shape index (κ2) is 5.55. The Hall–Kier alpha value is -0.740. The van der Waals surface area contributed by atoms with E-state index in [1.165, 1.54) is 0 Å². The summed E-state index contributed by atoms with van der Waals surface area (Å²) in [6.45, 7) is 2.21. The van der Waals surface area contributed by atoms with Gasteiger partial charge in [-0.15, -0.1) is 0 Å². The van der Waals surface area contributed by atoms with Crippen molar-refractivity contribution in [1.29, 1.82) is 0 Å². The molecule has 0 aromatic heterocycles. The van der Waals surface area contributed by atoms with E-state index >= 15 is 0 Å². The number of carbonyl (C=O) groups is 2. The van der Waals surface area contributed by atoms with Crippen LogP contribution in [0.2, 0.25) is 0 Å². The molecule has 0 amide bonds. The third-order valence-corrected chi connectivity index (χ3v) is 3.50. The standard InChI is InChI=1S/C12H22N2O2/c1-9(15)12(5-6-12)8-11(16)10(14)4-2-3-7-13/h10H,2-8,13-14H2,1H3/t10-/m0/s1. The summed E-state index contributed by atoms with van der Waals surface area (Å²) in [5.41, 5.74) is 10.8. The Morgan fingerprint density at radius 1 is 1.31 bits per heavy atom. The van der Waals surface area contributed by atoms with Crippen LogP contribution in [-0.2, 0) is 9.59 Å². The van der Waals surface area contributed by atoms with Gasteiger partial charge in [-0.05, 0) is 39.2 Å². The molecule has 0 saturated heterocycles. The summed E-state index contributed by atoms with van der Waals surface area (Å²) < 4.78 is 0. The fraction of sp³-hybridized carbons (Fsp3) is 0.833. The largest absolute Gasteiger partial charge is 0.330 e. The lowest BCUT2D eigenvalue weighted by atomic mass is 9.91. The molecule has 1 rings (SSSR count). The predicted octanol–water partition coefficient (Wildman–Crippen LogP) is 0.771. The van der Waals surface area contributed by atoms with Crippen molar-refractivity contribution < 1.29 is 9.59 Å². The first-order valence-corrected chi connectivity index (χ1v) is 6.01. The molecule has 0 heterocycles. The number of nitrogens with two attached hydrogens (primary N) is 2. The molecule has 1 fully saturated rings. The maximum absolute atomic E-state index is 11.8. The predicted molar refractivity (Wildman–Crippen MR) is 62.9 cm³/mol. The van der Waals surface area contributed by atoms with Crippen molar-refractivity contribution in [3.63, 3.8) is 0 Å². The van der Waals surface area contributed by atoms with E-state index in [-0.39, 0.29) is 17.0 Å². The molecule has 0 aromatic rings. The zero-order chi connectivity index (χ0) is 12.2. The molecule has 1 aliphatic rings. The average Bonchev–Trinajstić information content (AvgIpc) is 2.99. The average molecular weight is 226 g/mol. The van der Waals surface area contributed by atoms with E-state index in [9.17, 15) is 9.59 Å². The molecular formula is C12H22N2O2. The van der Waals surface area contributed by atoms with Crippen molar-refractivity contribution in [3.05, 3.63) is 0 Å². The SMILES string of the molecule is CC(=O)C1(CC(=O)[C@@H](N)CCCCN)CC1. The molecule has 4 N–H and O–H groups in total. The summed E-state index contributed by atoms with van der Waals surface area (Å²) in [4.78, 5) is 23.1.